The molecule has 1 saturated heterocycles. The maximum absolute atomic E-state index is 12.2. The molecule has 1 fully saturated rings. The van der Waals surface area contributed by atoms with E-state index in [0.717, 1.165) is 18.4 Å². The number of nitrogens with zero attached hydrogens (tertiary/aromatic N) is 2. The summed E-state index contributed by atoms with van der Waals surface area (Å²) in [6, 6.07) is 10.8. The lowest BCUT2D eigenvalue weighted by molar-refractivity contribution is -0.118. The van der Waals surface area contributed by atoms with Gasteiger partial charge >= 0.3 is 10.2 Å². The Morgan fingerprint density at radius 3 is 2.54 bits per heavy atom. The van der Waals surface area contributed by atoms with Gasteiger partial charge in [-0.05, 0) is 36.6 Å². The average Bonchev–Trinajstić information content (AvgIpc) is 3.17. The molecule has 2 aromatic rings. The number of ether oxygens (including phenoxy) is 1. The molecular formula is C18H21N3O4S. The average molecular weight is 375 g/mol. The van der Waals surface area contributed by atoms with Crippen molar-refractivity contribution in [2.24, 2.45) is 0 Å². The third-order valence-electron chi connectivity index (χ3n) is 4.12. The Balaban J connectivity index is 1.63. The number of amides is 1. The van der Waals surface area contributed by atoms with Crippen molar-refractivity contribution in [1.82, 2.24) is 14.0 Å². The molecule has 1 aliphatic heterocycles. The lowest BCUT2D eigenvalue weighted by Gasteiger charge is -2.16. The number of hydrogen-bond donors (Lipinski definition) is 1. The molecule has 0 saturated carbocycles. The highest BCUT2D eigenvalue weighted by atomic mass is 32.2. The summed E-state index contributed by atoms with van der Waals surface area (Å²) < 4.78 is 33.6. The molecule has 1 N–H and O–H groups in total. The van der Waals surface area contributed by atoms with Crippen molar-refractivity contribution in [2.75, 3.05) is 13.1 Å². The van der Waals surface area contributed by atoms with Gasteiger partial charge in [-0.3, -0.25) is 9.78 Å². The molecule has 0 bridgehead atoms. The van der Waals surface area contributed by atoms with Gasteiger partial charge in [-0.15, -0.1) is 0 Å². The van der Waals surface area contributed by atoms with E-state index in [1.165, 1.54) is 4.31 Å². The molecule has 26 heavy (non-hydrogen) atoms. The van der Waals surface area contributed by atoms with Crippen LogP contribution in [0.25, 0.3) is 0 Å². The van der Waals surface area contributed by atoms with Gasteiger partial charge in [-0.1, -0.05) is 18.2 Å². The molecule has 0 atom stereocenters. The van der Waals surface area contributed by atoms with Gasteiger partial charge in [-0.25, -0.2) is 4.72 Å². The van der Waals surface area contributed by atoms with E-state index in [4.69, 9.17) is 4.74 Å². The zero-order valence-corrected chi connectivity index (χ0v) is 15.1. The number of nitrogens with one attached hydrogen (secondary N) is 1. The van der Waals surface area contributed by atoms with Gasteiger partial charge in [0, 0.05) is 31.0 Å². The Hall–Kier alpha value is -2.45. The Bertz CT molecular complexity index is 850. The van der Waals surface area contributed by atoms with E-state index in [1.807, 2.05) is 18.2 Å². The number of benzene rings is 1. The van der Waals surface area contributed by atoms with E-state index >= 15 is 0 Å². The van der Waals surface area contributed by atoms with E-state index in [-0.39, 0.29) is 6.42 Å². The van der Waals surface area contributed by atoms with Crippen LogP contribution in [-0.2, 0) is 28.0 Å². The first-order valence-corrected chi connectivity index (χ1v) is 9.89. The smallest absolute Gasteiger partial charge is 0.303 e. The molecule has 0 radical (unpaired) electrons. The van der Waals surface area contributed by atoms with Crippen LogP contribution in [0.4, 0.5) is 0 Å². The number of hydrogen-bond acceptors (Lipinski definition) is 5. The minimum atomic E-state index is -3.76. The van der Waals surface area contributed by atoms with Crippen molar-refractivity contribution in [3.8, 4) is 5.75 Å². The number of aromatic nitrogens is 1. The molecule has 138 valence electrons. The van der Waals surface area contributed by atoms with Gasteiger partial charge < -0.3 is 4.74 Å². The quantitative estimate of drug-likeness (QED) is 0.795. The molecule has 2 heterocycles. The van der Waals surface area contributed by atoms with Crippen LogP contribution in [0.1, 0.15) is 24.0 Å². The predicted octanol–water partition coefficient (Wildman–Crippen LogP) is 1.66. The Kier molecular flexibility index (Phi) is 5.85. The van der Waals surface area contributed by atoms with Gasteiger partial charge in [0.05, 0.1) is 6.42 Å². The summed E-state index contributed by atoms with van der Waals surface area (Å²) in [5.74, 6) is -0.0186. The monoisotopic (exact) mass is 375 g/mol. The summed E-state index contributed by atoms with van der Waals surface area (Å²) in [5.41, 5.74) is 1.59. The molecule has 0 aliphatic carbocycles. The number of pyridine rings is 1. The summed E-state index contributed by atoms with van der Waals surface area (Å²) in [5, 5.41) is 0. The number of rotatable bonds is 7. The van der Waals surface area contributed by atoms with Crippen LogP contribution in [0.2, 0.25) is 0 Å². The van der Waals surface area contributed by atoms with E-state index in [1.54, 1.807) is 30.6 Å². The van der Waals surface area contributed by atoms with Crippen molar-refractivity contribution in [1.29, 1.82) is 0 Å². The maximum atomic E-state index is 12.2. The Labute approximate surface area is 153 Å². The zero-order chi connectivity index (χ0) is 18.4. The lowest BCUT2D eigenvalue weighted by Crippen LogP contribution is -2.42. The largest absolute Gasteiger partial charge is 0.489 e. The van der Waals surface area contributed by atoms with Gasteiger partial charge in [0.15, 0.2) is 0 Å². The molecule has 1 aromatic heterocycles. The molecular weight excluding hydrogens is 354 g/mol. The first kappa shape index (κ1) is 18.3. The second kappa shape index (κ2) is 8.29. The number of carbonyl (C=O) groups is 1. The number of para-hydroxylation sites is 1. The molecule has 7 nitrogen and oxygen atoms in total. The summed E-state index contributed by atoms with van der Waals surface area (Å²) >= 11 is 0. The maximum Gasteiger partial charge on any atom is 0.303 e. The minimum absolute atomic E-state index is 0.0699. The van der Waals surface area contributed by atoms with Crippen LogP contribution in [-0.4, -0.2) is 36.7 Å². The molecule has 8 heteroatoms. The SMILES string of the molecule is O=C(Cc1ccccc1OCc1ccncc1)NS(=O)(=O)N1CCCC1. The summed E-state index contributed by atoms with van der Waals surface area (Å²) in [4.78, 5) is 16.2. The van der Waals surface area contributed by atoms with Crippen molar-refractivity contribution < 1.29 is 17.9 Å². The van der Waals surface area contributed by atoms with E-state index < -0.39 is 16.1 Å². The number of carbonyl (C=O) groups excluding carboxylic acids is 1. The van der Waals surface area contributed by atoms with Crippen molar-refractivity contribution in [3.63, 3.8) is 0 Å². The molecule has 1 aliphatic rings. The van der Waals surface area contributed by atoms with E-state index in [9.17, 15) is 13.2 Å². The standard InChI is InChI=1S/C18H21N3O4S/c22-18(20-26(23,24)21-11-3-4-12-21)13-16-5-1-2-6-17(16)25-14-15-7-9-19-10-8-15/h1-2,5-10H,3-4,11-14H2,(H,20,22). The first-order valence-electron chi connectivity index (χ1n) is 8.45. The molecule has 1 amide bonds. The van der Waals surface area contributed by atoms with Gasteiger partial charge in [-0.2, -0.15) is 12.7 Å². The van der Waals surface area contributed by atoms with Crippen LogP contribution < -0.4 is 9.46 Å². The Morgan fingerprint density at radius 1 is 1.12 bits per heavy atom. The fraction of sp³-hybridized carbons (Fsp3) is 0.333. The molecule has 3 rings (SSSR count). The minimum Gasteiger partial charge on any atom is -0.489 e. The van der Waals surface area contributed by atoms with Gasteiger partial charge in [0.2, 0.25) is 5.91 Å². The van der Waals surface area contributed by atoms with Crippen molar-refractivity contribution >= 4 is 16.1 Å². The third kappa shape index (κ3) is 4.80. The summed E-state index contributed by atoms with van der Waals surface area (Å²) in [7, 11) is -3.76. The van der Waals surface area contributed by atoms with Crippen LogP contribution >= 0.6 is 0 Å². The third-order valence-corrected chi connectivity index (χ3v) is 5.65. The van der Waals surface area contributed by atoms with Crippen LogP contribution in [0.15, 0.2) is 48.8 Å². The first-order chi connectivity index (χ1) is 12.5. The highest BCUT2D eigenvalue weighted by Crippen LogP contribution is 2.20. The van der Waals surface area contributed by atoms with E-state index in [0.29, 0.717) is 31.0 Å². The zero-order valence-electron chi connectivity index (χ0n) is 14.3. The fourth-order valence-electron chi connectivity index (χ4n) is 2.78. The normalized spacial score (nSPS) is 14.9. The highest BCUT2D eigenvalue weighted by Gasteiger charge is 2.27. The molecule has 0 spiro atoms. The fourth-order valence-corrected chi connectivity index (χ4v) is 4.00. The predicted molar refractivity (Wildman–Crippen MR) is 96.6 cm³/mol. The highest BCUT2D eigenvalue weighted by molar-refractivity contribution is 7.87. The van der Waals surface area contributed by atoms with Crippen LogP contribution in [0, 0.1) is 0 Å². The van der Waals surface area contributed by atoms with Crippen LogP contribution in [0.3, 0.4) is 0 Å². The topological polar surface area (TPSA) is 88.6 Å². The van der Waals surface area contributed by atoms with Gasteiger partial charge in [0.1, 0.15) is 12.4 Å². The van der Waals surface area contributed by atoms with Crippen LogP contribution in [0.5, 0.6) is 5.75 Å². The lowest BCUT2D eigenvalue weighted by atomic mass is 10.1. The van der Waals surface area contributed by atoms with E-state index in [2.05, 4.69) is 9.71 Å². The van der Waals surface area contributed by atoms with Crippen molar-refractivity contribution in [2.45, 2.75) is 25.9 Å². The summed E-state index contributed by atoms with van der Waals surface area (Å²) in [6.45, 7) is 1.25. The Morgan fingerprint density at radius 2 is 1.81 bits per heavy atom. The van der Waals surface area contributed by atoms with Gasteiger partial charge in [0.25, 0.3) is 0 Å². The summed E-state index contributed by atoms with van der Waals surface area (Å²) in [6.07, 6.45) is 4.93. The second-order valence-electron chi connectivity index (χ2n) is 6.07. The second-order valence-corrected chi connectivity index (χ2v) is 7.74. The molecule has 0 unspecified atom stereocenters. The van der Waals surface area contributed by atoms with Crippen molar-refractivity contribution in [3.05, 3.63) is 59.9 Å². The molecule has 1 aromatic carbocycles.